The first-order valence-electron chi connectivity index (χ1n) is 7.34. The summed E-state index contributed by atoms with van der Waals surface area (Å²) in [5, 5.41) is 0. The van der Waals surface area contributed by atoms with E-state index in [0.717, 1.165) is 12.1 Å². The van der Waals surface area contributed by atoms with E-state index in [1.807, 2.05) is 0 Å². The molecule has 0 saturated heterocycles. The van der Waals surface area contributed by atoms with Crippen LogP contribution in [0.25, 0.3) is 0 Å². The Labute approximate surface area is 136 Å². The fraction of sp³-hybridized carbons (Fsp3) is 0.294. The van der Waals surface area contributed by atoms with Gasteiger partial charge in [-0.25, -0.2) is 17.6 Å². The summed E-state index contributed by atoms with van der Waals surface area (Å²) in [5.74, 6) is -4.27. The molecule has 0 aliphatic heterocycles. The van der Waals surface area contributed by atoms with Gasteiger partial charge in [-0.15, -0.1) is 0 Å². The number of halogens is 4. The molecule has 0 atom stereocenters. The lowest BCUT2D eigenvalue weighted by Crippen LogP contribution is -2.41. The van der Waals surface area contributed by atoms with Crippen LogP contribution in [0.5, 0.6) is 11.5 Å². The third-order valence-corrected chi connectivity index (χ3v) is 4.25. The van der Waals surface area contributed by atoms with Crippen LogP contribution in [0.15, 0.2) is 24.3 Å². The summed E-state index contributed by atoms with van der Waals surface area (Å²) in [5.41, 5.74) is 3.74. The fourth-order valence-electron chi connectivity index (χ4n) is 2.86. The second-order valence-electron chi connectivity index (χ2n) is 5.69. The summed E-state index contributed by atoms with van der Waals surface area (Å²) < 4.78 is 66.1. The highest BCUT2D eigenvalue weighted by Crippen LogP contribution is 2.50. The molecule has 24 heavy (non-hydrogen) atoms. The third-order valence-electron chi connectivity index (χ3n) is 4.25. The molecule has 0 amide bonds. The van der Waals surface area contributed by atoms with E-state index >= 15 is 0 Å². The van der Waals surface area contributed by atoms with E-state index in [9.17, 15) is 17.6 Å². The van der Waals surface area contributed by atoms with Crippen LogP contribution in [0, 0.1) is 23.3 Å². The smallest absolute Gasteiger partial charge is 0.169 e. The zero-order chi connectivity index (χ0) is 17.5. The Balaban J connectivity index is 2.09. The molecule has 7 heteroatoms. The monoisotopic (exact) mass is 341 g/mol. The molecule has 2 N–H and O–H groups in total. The average molecular weight is 341 g/mol. The Morgan fingerprint density at radius 2 is 1.67 bits per heavy atom. The van der Waals surface area contributed by atoms with Gasteiger partial charge in [-0.05, 0) is 31.4 Å². The Bertz CT molecular complexity index is 791. The van der Waals surface area contributed by atoms with Gasteiger partial charge in [-0.3, -0.25) is 0 Å². The molecule has 1 fully saturated rings. The Hall–Kier alpha value is -2.44. The van der Waals surface area contributed by atoms with Crippen LogP contribution in [0.4, 0.5) is 23.2 Å². The lowest BCUT2D eigenvalue weighted by Gasteiger charge is -2.43. The molecular weight excluding hydrogens is 326 g/mol. The highest BCUT2D eigenvalue weighted by molar-refractivity contribution is 5.48. The van der Waals surface area contributed by atoms with E-state index in [4.69, 9.17) is 15.2 Å². The van der Waals surface area contributed by atoms with Crippen molar-refractivity contribution in [2.45, 2.75) is 24.9 Å². The van der Waals surface area contributed by atoms with E-state index in [-0.39, 0.29) is 22.7 Å². The van der Waals surface area contributed by atoms with Crippen molar-refractivity contribution in [2.24, 2.45) is 0 Å². The number of rotatable bonds is 4. The second-order valence-corrected chi connectivity index (χ2v) is 5.69. The zero-order valence-electron chi connectivity index (χ0n) is 12.8. The lowest BCUT2D eigenvalue weighted by molar-refractivity contribution is -0.0207. The molecule has 1 aliphatic carbocycles. The van der Waals surface area contributed by atoms with Gasteiger partial charge in [0.1, 0.15) is 17.2 Å². The van der Waals surface area contributed by atoms with Crippen LogP contribution < -0.4 is 15.2 Å². The van der Waals surface area contributed by atoms with Crippen molar-refractivity contribution in [1.82, 2.24) is 0 Å². The van der Waals surface area contributed by atoms with Crippen molar-refractivity contribution in [2.75, 3.05) is 12.8 Å². The molecule has 1 aliphatic rings. The van der Waals surface area contributed by atoms with E-state index < -0.39 is 28.9 Å². The molecule has 3 nitrogen and oxygen atoms in total. The van der Waals surface area contributed by atoms with Gasteiger partial charge in [0.2, 0.25) is 0 Å². The lowest BCUT2D eigenvalue weighted by atomic mass is 9.74. The molecule has 3 rings (SSSR count). The first-order valence-corrected chi connectivity index (χ1v) is 7.34. The van der Waals surface area contributed by atoms with Gasteiger partial charge in [0, 0.05) is 12.1 Å². The predicted molar refractivity (Wildman–Crippen MR) is 79.8 cm³/mol. The summed E-state index contributed by atoms with van der Waals surface area (Å²) in [6, 6.07) is 3.82. The molecule has 0 unspecified atom stereocenters. The maximum atomic E-state index is 14.4. The van der Waals surface area contributed by atoms with E-state index in [1.165, 1.54) is 13.2 Å². The van der Waals surface area contributed by atoms with Crippen molar-refractivity contribution in [3.8, 4) is 11.5 Å². The predicted octanol–water partition coefficient (Wildman–Crippen LogP) is 4.29. The Kier molecular flexibility index (Phi) is 4.03. The van der Waals surface area contributed by atoms with Crippen LogP contribution >= 0.6 is 0 Å². The fourth-order valence-corrected chi connectivity index (χ4v) is 2.86. The summed E-state index contributed by atoms with van der Waals surface area (Å²) in [7, 11) is 1.32. The molecule has 0 heterocycles. The van der Waals surface area contributed by atoms with Gasteiger partial charge >= 0.3 is 0 Å². The van der Waals surface area contributed by atoms with Crippen molar-refractivity contribution in [3.63, 3.8) is 0 Å². The highest BCUT2D eigenvalue weighted by atomic mass is 19.2. The Morgan fingerprint density at radius 1 is 0.958 bits per heavy atom. The molecule has 1 saturated carbocycles. The maximum Gasteiger partial charge on any atom is 0.169 e. The number of hydrogen-bond donors (Lipinski definition) is 1. The van der Waals surface area contributed by atoms with E-state index in [0.29, 0.717) is 25.3 Å². The van der Waals surface area contributed by atoms with Crippen LogP contribution in [-0.2, 0) is 5.60 Å². The number of anilines is 1. The Morgan fingerprint density at radius 3 is 2.25 bits per heavy atom. The minimum Gasteiger partial charge on any atom is -0.496 e. The average Bonchev–Trinajstić information content (AvgIpc) is 2.51. The second kappa shape index (κ2) is 5.89. The van der Waals surface area contributed by atoms with E-state index in [1.54, 1.807) is 0 Å². The van der Waals surface area contributed by atoms with Crippen LogP contribution in [0.2, 0.25) is 0 Å². The van der Waals surface area contributed by atoms with Crippen molar-refractivity contribution >= 4 is 5.69 Å². The first kappa shape index (κ1) is 16.4. The van der Waals surface area contributed by atoms with Crippen LogP contribution in [0.1, 0.15) is 24.8 Å². The quantitative estimate of drug-likeness (QED) is 0.666. The largest absolute Gasteiger partial charge is 0.496 e. The van der Waals surface area contributed by atoms with Gasteiger partial charge < -0.3 is 15.2 Å². The maximum absolute atomic E-state index is 14.4. The highest BCUT2D eigenvalue weighted by Gasteiger charge is 2.46. The minimum absolute atomic E-state index is 0.101. The molecule has 0 bridgehead atoms. The van der Waals surface area contributed by atoms with Gasteiger partial charge in [-0.1, -0.05) is 0 Å². The van der Waals surface area contributed by atoms with Crippen LogP contribution in [-0.4, -0.2) is 7.11 Å². The number of ether oxygens (including phenoxy) is 2. The van der Waals surface area contributed by atoms with Crippen molar-refractivity contribution < 1.29 is 27.0 Å². The molecule has 0 aromatic heterocycles. The number of nitrogen functional groups attached to an aromatic ring is 1. The van der Waals surface area contributed by atoms with Crippen molar-refractivity contribution in [3.05, 3.63) is 53.1 Å². The molecular formula is C17H15F4NO2. The van der Waals surface area contributed by atoms with E-state index in [2.05, 4.69) is 0 Å². The molecule has 128 valence electrons. The van der Waals surface area contributed by atoms with Gasteiger partial charge in [-0.2, -0.15) is 0 Å². The number of nitrogens with two attached hydrogens (primary N) is 1. The summed E-state index contributed by atoms with van der Waals surface area (Å²) in [6.45, 7) is 0. The summed E-state index contributed by atoms with van der Waals surface area (Å²) in [6.07, 6.45) is 1.35. The number of hydrogen-bond acceptors (Lipinski definition) is 3. The summed E-state index contributed by atoms with van der Waals surface area (Å²) in [4.78, 5) is 0. The van der Waals surface area contributed by atoms with Gasteiger partial charge in [0.15, 0.2) is 23.2 Å². The van der Waals surface area contributed by atoms with Crippen LogP contribution in [0.3, 0.4) is 0 Å². The molecule has 0 radical (unpaired) electrons. The third kappa shape index (κ3) is 2.53. The topological polar surface area (TPSA) is 44.5 Å². The first-order chi connectivity index (χ1) is 11.4. The minimum atomic E-state index is -1.29. The van der Waals surface area contributed by atoms with Crippen molar-refractivity contribution in [1.29, 1.82) is 0 Å². The normalized spacial score (nSPS) is 15.7. The van der Waals surface area contributed by atoms with Gasteiger partial charge in [0.05, 0.1) is 18.4 Å². The standard InChI is InChI=1S/C17H15F4NO2/c1-23-13-4-3-9(18)16(21)15(13)17(5-2-6-17)24-14-8-12(22)10(19)7-11(14)20/h3-4,7-8H,2,5-6,22H2,1H3. The zero-order valence-corrected chi connectivity index (χ0v) is 12.8. The number of methoxy groups -OCH3 is 1. The molecule has 0 spiro atoms. The SMILES string of the molecule is COc1ccc(F)c(F)c1C1(Oc2cc(N)c(F)cc2F)CCC1. The van der Waals surface area contributed by atoms with Gasteiger partial charge in [0.25, 0.3) is 0 Å². The molecule has 2 aromatic rings. The summed E-state index contributed by atoms with van der Waals surface area (Å²) >= 11 is 0. The number of benzene rings is 2. The molecule has 2 aromatic carbocycles.